The maximum Gasteiger partial charge on any atom is 0.132 e. The Balaban J connectivity index is 3.17. The van der Waals surface area contributed by atoms with Gasteiger partial charge in [-0.1, -0.05) is 57.6 Å². The number of carbonyl (C=O) groups excluding carboxylic acids is 1. The lowest BCUT2D eigenvalue weighted by atomic mass is 10.0. The summed E-state index contributed by atoms with van der Waals surface area (Å²) in [4.78, 5) is 11.6. The minimum absolute atomic E-state index is 0.486. The summed E-state index contributed by atoms with van der Waals surface area (Å²) in [5, 5.41) is 0. The Kier molecular flexibility index (Phi) is 14.0. The van der Waals surface area contributed by atoms with Crippen LogP contribution in [0.5, 0.6) is 0 Å². The maximum absolute atomic E-state index is 11.6. The molecule has 0 aromatic heterocycles. The Bertz CT molecular complexity index is 206. The van der Waals surface area contributed by atoms with Gasteiger partial charge in [-0.2, -0.15) is 0 Å². The van der Waals surface area contributed by atoms with Gasteiger partial charge in [0.2, 0.25) is 0 Å². The van der Waals surface area contributed by atoms with Crippen molar-refractivity contribution in [3.63, 3.8) is 0 Å². The van der Waals surface area contributed by atoms with Gasteiger partial charge in [0.15, 0.2) is 0 Å². The molecule has 0 fully saturated rings. The van der Waals surface area contributed by atoms with E-state index in [1.165, 1.54) is 51.4 Å². The molecule has 0 amide bonds. The standard InChI is InChI=1S/C17H32O/c1-3-5-7-9-10-12-14-16-17(18)15-13-11-8-6-4-2/h3,5H,4,6-16H2,1-2H3/b5-3+. The van der Waals surface area contributed by atoms with Gasteiger partial charge in [-0.3, -0.25) is 4.79 Å². The lowest BCUT2D eigenvalue weighted by Crippen LogP contribution is -1.97. The van der Waals surface area contributed by atoms with Crippen LogP contribution in [-0.2, 0) is 4.79 Å². The topological polar surface area (TPSA) is 17.1 Å². The second kappa shape index (κ2) is 14.5. The SMILES string of the molecule is C/C=C/CCCCCCC(=O)CCCCCCC. The number of unbranched alkanes of at least 4 members (excludes halogenated alkanes) is 8. The molecule has 1 heteroatoms. The molecule has 0 saturated heterocycles. The summed E-state index contributed by atoms with van der Waals surface area (Å²) in [6, 6.07) is 0. The first-order valence-electron chi connectivity index (χ1n) is 7.94. The molecule has 0 aliphatic rings. The molecule has 0 aliphatic heterocycles. The van der Waals surface area contributed by atoms with E-state index in [2.05, 4.69) is 26.0 Å². The van der Waals surface area contributed by atoms with Crippen LogP contribution < -0.4 is 0 Å². The molecule has 0 atom stereocenters. The molecule has 0 unspecified atom stereocenters. The lowest BCUT2D eigenvalue weighted by molar-refractivity contribution is -0.119. The number of rotatable bonds is 13. The van der Waals surface area contributed by atoms with E-state index in [-0.39, 0.29) is 0 Å². The molecule has 106 valence electrons. The van der Waals surface area contributed by atoms with Gasteiger partial charge in [0.1, 0.15) is 5.78 Å². The minimum Gasteiger partial charge on any atom is -0.300 e. The van der Waals surface area contributed by atoms with Gasteiger partial charge in [-0.05, 0) is 32.6 Å². The highest BCUT2D eigenvalue weighted by atomic mass is 16.1. The Morgan fingerprint density at radius 3 is 1.94 bits per heavy atom. The third kappa shape index (κ3) is 13.5. The molecule has 0 aromatic rings. The van der Waals surface area contributed by atoms with E-state index in [9.17, 15) is 4.79 Å². The van der Waals surface area contributed by atoms with E-state index < -0.39 is 0 Å². The summed E-state index contributed by atoms with van der Waals surface area (Å²) in [6.45, 7) is 4.29. The molecule has 0 rings (SSSR count). The molecule has 18 heavy (non-hydrogen) atoms. The van der Waals surface area contributed by atoms with Crippen molar-refractivity contribution in [1.82, 2.24) is 0 Å². The van der Waals surface area contributed by atoms with Gasteiger partial charge in [0, 0.05) is 12.8 Å². The van der Waals surface area contributed by atoms with Crippen LogP contribution in [0.15, 0.2) is 12.2 Å². The number of allylic oxidation sites excluding steroid dienone is 2. The molecular formula is C17H32O. The summed E-state index contributed by atoms with van der Waals surface area (Å²) in [7, 11) is 0. The van der Waals surface area contributed by atoms with E-state index in [1.807, 2.05) is 0 Å². The van der Waals surface area contributed by atoms with Crippen LogP contribution in [0.4, 0.5) is 0 Å². The van der Waals surface area contributed by atoms with Crippen LogP contribution in [0.2, 0.25) is 0 Å². The molecule has 0 bridgehead atoms. The van der Waals surface area contributed by atoms with Gasteiger partial charge >= 0.3 is 0 Å². The summed E-state index contributed by atoms with van der Waals surface area (Å²) in [5.74, 6) is 0.486. The molecule has 0 saturated carbocycles. The van der Waals surface area contributed by atoms with E-state index >= 15 is 0 Å². The average Bonchev–Trinajstić information content (AvgIpc) is 2.37. The van der Waals surface area contributed by atoms with Gasteiger partial charge in [0.25, 0.3) is 0 Å². The highest BCUT2D eigenvalue weighted by Gasteiger charge is 2.01. The summed E-state index contributed by atoms with van der Waals surface area (Å²) < 4.78 is 0. The first-order valence-corrected chi connectivity index (χ1v) is 7.94. The predicted molar refractivity (Wildman–Crippen MR) is 80.9 cm³/mol. The second-order valence-electron chi connectivity index (χ2n) is 5.22. The zero-order valence-corrected chi connectivity index (χ0v) is 12.5. The third-order valence-corrected chi connectivity index (χ3v) is 3.37. The van der Waals surface area contributed by atoms with E-state index in [1.54, 1.807) is 0 Å². The second-order valence-corrected chi connectivity index (χ2v) is 5.22. The van der Waals surface area contributed by atoms with Crippen LogP contribution in [0, 0.1) is 0 Å². The van der Waals surface area contributed by atoms with Crippen molar-refractivity contribution in [2.75, 3.05) is 0 Å². The maximum atomic E-state index is 11.6. The van der Waals surface area contributed by atoms with E-state index in [4.69, 9.17) is 0 Å². The fraction of sp³-hybridized carbons (Fsp3) is 0.824. The number of carbonyl (C=O) groups is 1. The molecule has 0 aromatic carbocycles. The zero-order chi connectivity index (χ0) is 13.5. The van der Waals surface area contributed by atoms with Crippen molar-refractivity contribution in [3.8, 4) is 0 Å². The number of hydrogen-bond acceptors (Lipinski definition) is 1. The van der Waals surface area contributed by atoms with Crippen molar-refractivity contribution < 1.29 is 4.79 Å². The summed E-state index contributed by atoms with van der Waals surface area (Å²) in [6.07, 6.45) is 18.3. The number of Topliss-reactive ketones (excluding diaryl/α,β-unsaturated/α-hetero) is 1. The highest BCUT2D eigenvalue weighted by molar-refractivity contribution is 5.78. The summed E-state index contributed by atoms with van der Waals surface area (Å²) in [5.41, 5.74) is 0. The molecule has 0 radical (unpaired) electrons. The van der Waals surface area contributed by atoms with Gasteiger partial charge in [0.05, 0.1) is 0 Å². The van der Waals surface area contributed by atoms with Crippen molar-refractivity contribution in [2.45, 2.75) is 90.9 Å². The van der Waals surface area contributed by atoms with Gasteiger partial charge in [-0.25, -0.2) is 0 Å². The normalized spacial score (nSPS) is 11.2. The van der Waals surface area contributed by atoms with Crippen LogP contribution in [0.25, 0.3) is 0 Å². The number of hydrogen-bond donors (Lipinski definition) is 0. The molecule has 0 aliphatic carbocycles. The fourth-order valence-electron chi connectivity index (χ4n) is 2.16. The van der Waals surface area contributed by atoms with Crippen LogP contribution >= 0.6 is 0 Å². The molecule has 0 N–H and O–H groups in total. The van der Waals surface area contributed by atoms with Crippen molar-refractivity contribution in [2.24, 2.45) is 0 Å². The smallest absolute Gasteiger partial charge is 0.132 e. The first-order chi connectivity index (χ1) is 8.81. The van der Waals surface area contributed by atoms with Crippen molar-refractivity contribution >= 4 is 5.78 Å². The molecule has 1 nitrogen and oxygen atoms in total. The minimum atomic E-state index is 0.486. The Labute approximate surface area is 114 Å². The Morgan fingerprint density at radius 2 is 1.39 bits per heavy atom. The van der Waals surface area contributed by atoms with Crippen molar-refractivity contribution in [1.29, 1.82) is 0 Å². The highest BCUT2D eigenvalue weighted by Crippen LogP contribution is 2.10. The lowest BCUT2D eigenvalue weighted by Gasteiger charge is -2.01. The van der Waals surface area contributed by atoms with E-state index in [0.717, 1.165) is 25.7 Å². The Morgan fingerprint density at radius 1 is 0.833 bits per heavy atom. The first kappa shape index (κ1) is 17.4. The van der Waals surface area contributed by atoms with Crippen LogP contribution in [-0.4, -0.2) is 5.78 Å². The van der Waals surface area contributed by atoms with Gasteiger partial charge in [-0.15, -0.1) is 0 Å². The van der Waals surface area contributed by atoms with Crippen LogP contribution in [0.1, 0.15) is 90.9 Å². The quantitative estimate of drug-likeness (QED) is 0.297. The van der Waals surface area contributed by atoms with Gasteiger partial charge < -0.3 is 0 Å². The zero-order valence-electron chi connectivity index (χ0n) is 12.5. The summed E-state index contributed by atoms with van der Waals surface area (Å²) >= 11 is 0. The van der Waals surface area contributed by atoms with Crippen LogP contribution in [0.3, 0.4) is 0 Å². The predicted octanol–water partition coefficient (Wildman–Crippen LogP) is 5.83. The van der Waals surface area contributed by atoms with E-state index in [0.29, 0.717) is 5.78 Å². The monoisotopic (exact) mass is 252 g/mol. The van der Waals surface area contributed by atoms with Crippen molar-refractivity contribution in [3.05, 3.63) is 12.2 Å². The fourth-order valence-corrected chi connectivity index (χ4v) is 2.16. The Hall–Kier alpha value is -0.590. The molecule has 0 heterocycles. The average molecular weight is 252 g/mol. The molecular weight excluding hydrogens is 220 g/mol. The largest absolute Gasteiger partial charge is 0.300 e. The number of ketones is 1. The third-order valence-electron chi connectivity index (χ3n) is 3.37. The molecule has 0 spiro atoms.